The van der Waals surface area contributed by atoms with E-state index in [0.717, 1.165) is 16.5 Å². The second-order valence-corrected chi connectivity index (χ2v) is 4.13. The van der Waals surface area contributed by atoms with Crippen LogP contribution in [0.5, 0.6) is 0 Å². The van der Waals surface area contributed by atoms with Crippen LogP contribution < -0.4 is 5.73 Å². The average Bonchev–Trinajstić information content (AvgIpc) is 2.79. The topological polar surface area (TPSA) is 68.1 Å². The molecule has 0 saturated carbocycles. The standard InChI is InChI=1S/C13H16N2O2/c1-8(12(14)13(16)17-2)10-7-15-11-6-4-3-5-9(10)11/h3-8,12,15H,14H2,1-2H3/t8-,12-/m1/s1. The molecule has 1 aromatic carbocycles. The number of aromatic nitrogens is 1. The first-order valence-electron chi connectivity index (χ1n) is 5.54. The minimum Gasteiger partial charge on any atom is -0.468 e. The van der Waals surface area contributed by atoms with Crippen LogP contribution in [0.25, 0.3) is 10.9 Å². The quantitative estimate of drug-likeness (QED) is 0.792. The van der Waals surface area contributed by atoms with Crippen LogP contribution in [0.15, 0.2) is 30.5 Å². The van der Waals surface area contributed by atoms with Crippen molar-refractivity contribution < 1.29 is 9.53 Å². The highest BCUT2D eigenvalue weighted by molar-refractivity contribution is 5.85. The van der Waals surface area contributed by atoms with E-state index in [-0.39, 0.29) is 11.9 Å². The first-order valence-corrected chi connectivity index (χ1v) is 5.54. The lowest BCUT2D eigenvalue weighted by atomic mass is 9.93. The van der Waals surface area contributed by atoms with Crippen LogP contribution in [0.4, 0.5) is 0 Å². The summed E-state index contributed by atoms with van der Waals surface area (Å²) in [6.45, 7) is 1.93. The Morgan fingerprint density at radius 1 is 1.41 bits per heavy atom. The van der Waals surface area contributed by atoms with Gasteiger partial charge in [0.2, 0.25) is 0 Å². The monoisotopic (exact) mass is 232 g/mol. The second-order valence-electron chi connectivity index (χ2n) is 4.13. The largest absolute Gasteiger partial charge is 0.468 e. The van der Waals surface area contributed by atoms with E-state index < -0.39 is 6.04 Å². The molecule has 17 heavy (non-hydrogen) atoms. The molecule has 0 aliphatic carbocycles. The first kappa shape index (κ1) is 11.7. The Kier molecular flexibility index (Phi) is 3.15. The Hall–Kier alpha value is -1.81. The molecular weight excluding hydrogens is 216 g/mol. The third-order valence-corrected chi connectivity index (χ3v) is 3.12. The summed E-state index contributed by atoms with van der Waals surface area (Å²) in [5.41, 5.74) is 7.95. The van der Waals surface area contributed by atoms with Gasteiger partial charge in [-0.3, -0.25) is 4.79 Å². The Morgan fingerprint density at radius 3 is 2.82 bits per heavy atom. The van der Waals surface area contributed by atoms with Crippen molar-refractivity contribution in [1.82, 2.24) is 4.98 Å². The maximum atomic E-state index is 11.4. The van der Waals surface area contributed by atoms with Gasteiger partial charge in [-0.15, -0.1) is 0 Å². The molecule has 2 atom stereocenters. The number of carbonyl (C=O) groups is 1. The molecule has 2 rings (SSSR count). The highest BCUT2D eigenvalue weighted by Crippen LogP contribution is 2.27. The zero-order chi connectivity index (χ0) is 12.4. The number of benzene rings is 1. The number of hydrogen-bond acceptors (Lipinski definition) is 3. The molecule has 0 saturated heterocycles. The predicted molar refractivity (Wildman–Crippen MR) is 66.7 cm³/mol. The van der Waals surface area contributed by atoms with Crippen molar-refractivity contribution in [2.45, 2.75) is 18.9 Å². The van der Waals surface area contributed by atoms with Gasteiger partial charge in [0.05, 0.1) is 7.11 Å². The number of carbonyl (C=O) groups excluding carboxylic acids is 1. The van der Waals surface area contributed by atoms with Gasteiger partial charge in [-0.05, 0) is 11.6 Å². The Bertz CT molecular complexity index is 533. The number of fused-ring (bicyclic) bond motifs is 1. The molecule has 1 aromatic heterocycles. The molecule has 4 heteroatoms. The lowest BCUT2D eigenvalue weighted by Gasteiger charge is -2.17. The second kappa shape index (κ2) is 4.59. The molecule has 0 fully saturated rings. The SMILES string of the molecule is COC(=O)[C@H](N)[C@H](C)c1c[nH]c2ccccc12. The summed E-state index contributed by atoms with van der Waals surface area (Å²) >= 11 is 0. The van der Waals surface area contributed by atoms with Crippen LogP contribution in [-0.4, -0.2) is 24.1 Å². The van der Waals surface area contributed by atoms with Gasteiger partial charge >= 0.3 is 5.97 Å². The predicted octanol–water partition coefficient (Wildman–Crippen LogP) is 1.77. The maximum Gasteiger partial charge on any atom is 0.323 e. The number of ether oxygens (including phenoxy) is 1. The van der Waals surface area contributed by atoms with E-state index in [4.69, 9.17) is 5.73 Å². The summed E-state index contributed by atoms with van der Waals surface area (Å²) in [5, 5.41) is 1.10. The molecule has 0 aliphatic heterocycles. The number of esters is 1. The molecule has 0 bridgehead atoms. The highest BCUT2D eigenvalue weighted by Gasteiger charge is 2.24. The number of methoxy groups -OCH3 is 1. The molecule has 0 unspecified atom stereocenters. The first-order chi connectivity index (χ1) is 8.15. The van der Waals surface area contributed by atoms with Crippen LogP contribution in [0.1, 0.15) is 18.4 Å². The zero-order valence-corrected chi connectivity index (χ0v) is 9.94. The molecule has 4 nitrogen and oxygen atoms in total. The number of aromatic amines is 1. The third-order valence-electron chi connectivity index (χ3n) is 3.12. The Labute approximate surface area is 99.8 Å². The van der Waals surface area contributed by atoms with Crippen LogP contribution in [-0.2, 0) is 9.53 Å². The normalized spacial score (nSPS) is 14.5. The van der Waals surface area contributed by atoms with Gasteiger partial charge in [0, 0.05) is 23.0 Å². The molecule has 0 radical (unpaired) electrons. The molecule has 0 amide bonds. The molecule has 90 valence electrons. The summed E-state index contributed by atoms with van der Waals surface area (Å²) in [6, 6.07) is 7.31. The van der Waals surface area contributed by atoms with Crippen molar-refractivity contribution in [1.29, 1.82) is 0 Å². The smallest absolute Gasteiger partial charge is 0.323 e. The van der Waals surface area contributed by atoms with Gasteiger partial charge in [-0.25, -0.2) is 0 Å². The summed E-state index contributed by atoms with van der Waals surface area (Å²) in [5.74, 6) is -0.471. The van der Waals surface area contributed by atoms with E-state index in [1.165, 1.54) is 7.11 Å². The van der Waals surface area contributed by atoms with E-state index in [9.17, 15) is 4.79 Å². The molecule has 2 aromatic rings. The number of rotatable bonds is 3. The van der Waals surface area contributed by atoms with Gasteiger partial charge in [0.15, 0.2) is 0 Å². The van der Waals surface area contributed by atoms with Crippen LogP contribution in [0.2, 0.25) is 0 Å². The van der Waals surface area contributed by atoms with Crippen LogP contribution in [0, 0.1) is 0 Å². The third kappa shape index (κ3) is 2.03. The maximum absolute atomic E-state index is 11.4. The zero-order valence-electron chi connectivity index (χ0n) is 9.94. The highest BCUT2D eigenvalue weighted by atomic mass is 16.5. The van der Waals surface area contributed by atoms with Crippen molar-refractivity contribution in [2.75, 3.05) is 7.11 Å². The molecule has 0 spiro atoms. The van der Waals surface area contributed by atoms with Crippen molar-refractivity contribution in [3.8, 4) is 0 Å². The summed E-state index contributed by atoms with van der Waals surface area (Å²) in [4.78, 5) is 14.6. The van der Waals surface area contributed by atoms with Gasteiger partial charge in [-0.2, -0.15) is 0 Å². The number of nitrogens with two attached hydrogens (primary N) is 1. The number of para-hydroxylation sites is 1. The molecule has 3 N–H and O–H groups in total. The summed E-state index contributed by atoms with van der Waals surface area (Å²) < 4.78 is 4.67. The fourth-order valence-corrected chi connectivity index (χ4v) is 2.00. The van der Waals surface area contributed by atoms with Gasteiger partial charge < -0.3 is 15.5 Å². The van der Waals surface area contributed by atoms with E-state index in [1.54, 1.807) is 0 Å². The Morgan fingerprint density at radius 2 is 2.12 bits per heavy atom. The van der Waals surface area contributed by atoms with Gasteiger partial charge in [0.25, 0.3) is 0 Å². The van der Waals surface area contributed by atoms with Crippen LogP contribution in [0.3, 0.4) is 0 Å². The van der Waals surface area contributed by atoms with Crippen molar-refractivity contribution in [3.63, 3.8) is 0 Å². The van der Waals surface area contributed by atoms with Crippen molar-refractivity contribution in [3.05, 3.63) is 36.0 Å². The van der Waals surface area contributed by atoms with Crippen LogP contribution >= 0.6 is 0 Å². The van der Waals surface area contributed by atoms with Gasteiger partial charge in [0.1, 0.15) is 6.04 Å². The lowest BCUT2D eigenvalue weighted by Crippen LogP contribution is -2.36. The van der Waals surface area contributed by atoms with E-state index in [0.29, 0.717) is 0 Å². The van der Waals surface area contributed by atoms with E-state index in [2.05, 4.69) is 9.72 Å². The van der Waals surface area contributed by atoms with E-state index in [1.807, 2.05) is 37.4 Å². The number of nitrogens with one attached hydrogen (secondary N) is 1. The fraction of sp³-hybridized carbons (Fsp3) is 0.308. The van der Waals surface area contributed by atoms with Crippen molar-refractivity contribution >= 4 is 16.9 Å². The molecular formula is C13H16N2O2. The fourth-order valence-electron chi connectivity index (χ4n) is 2.00. The molecule has 0 aliphatic rings. The summed E-state index contributed by atoms with van der Waals surface area (Å²) in [6.07, 6.45) is 1.90. The van der Waals surface area contributed by atoms with Gasteiger partial charge in [-0.1, -0.05) is 25.1 Å². The Balaban J connectivity index is 2.36. The minimum absolute atomic E-state index is 0.0846. The summed E-state index contributed by atoms with van der Waals surface area (Å²) in [7, 11) is 1.35. The minimum atomic E-state index is -0.640. The number of H-pyrrole nitrogens is 1. The average molecular weight is 232 g/mol. The molecule has 1 heterocycles. The lowest BCUT2D eigenvalue weighted by molar-refractivity contribution is -0.142. The van der Waals surface area contributed by atoms with Crippen molar-refractivity contribution in [2.24, 2.45) is 5.73 Å². The van der Waals surface area contributed by atoms with E-state index >= 15 is 0 Å². The number of hydrogen-bond donors (Lipinski definition) is 2.